The first-order valence-electron chi connectivity index (χ1n) is 11.2. The van der Waals surface area contributed by atoms with E-state index in [1.54, 1.807) is 35.6 Å². The topological polar surface area (TPSA) is 87.1 Å². The first-order valence-corrected chi connectivity index (χ1v) is 12.1. The molecule has 6 nitrogen and oxygen atoms in total. The number of carbonyl (C=O) groups excluding carboxylic acids is 2. The van der Waals surface area contributed by atoms with Crippen LogP contribution in [0, 0.1) is 5.92 Å². The van der Waals surface area contributed by atoms with Crippen LogP contribution in [-0.4, -0.2) is 35.1 Å². The van der Waals surface area contributed by atoms with Crippen molar-refractivity contribution in [2.45, 2.75) is 26.3 Å². The van der Waals surface area contributed by atoms with E-state index in [4.69, 9.17) is 4.74 Å². The Labute approximate surface area is 202 Å². The van der Waals surface area contributed by atoms with E-state index in [0.29, 0.717) is 17.0 Å². The lowest BCUT2D eigenvalue weighted by Gasteiger charge is -2.28. The number of nitrogens with zero attached hydrogens (tertiary/aromatic N) is 1. The zero-order valence-electron chi connectivity index (χ0n) is 19.1. The van der Waals surface area contributed by atoms with E-state index in [1.807, 2.05) is 54.9 Å². The normalized spacial score (nSPS) is 15.9. The fourth-order valence-electron chi connectivity index (χ4n) is 4.17. The van der Waals surface area contributed by atoms with Crippen LogP contribution in [0.1, 0.15) is 31.9 Å². The largest absolute Gasteiger partial charge is 0.503 e. The van der Waals surface area contributed by atoms with Gasteiger partial charge in [0, 0.05) is 17.7 Å². The van der Waals surface area contributed by atoms with E-state index in [1.165, 1.54) is 4.90 Å². The summed E-state index contributed by atoms with van der Waals surface area (Å²) in [6.07, 6.45) is 0.202. The average Bonchev–Trinajstić information content (AvgIpc) is 3.45. The highest BCUT2D eigenvalue weighted by atomic mass is 32.1. The van der Waals surface area contributed by atoms with Crippen LogP contribution < -0.4 is 9.64 Å². The van der Waals surface area contributed by atoms with Gasteiger partial charge in [0.15, 0.2) is 11.5 Å². The van der Waals surface area contributed by atoms with Crippen molar-refractivity contribution in [2.75, 3.05) is 18.1 Å². The van der Waals surface area contributed by atoms with Crippen LogP contribution >= 0.6 is 11.3 Å². The summed E-state index contributed by atoms with van der Waals surface area (Å²) in [6, 6.07) is 15.7. The minimum absolute atomic E-state index is 0.0587. The summed E-state index contributed by atoms with van der Waals surface area (Å²) in [5, 5.41) is 24.2. The van der Waals surface area contributed by atoms with Gasteiger partial charge in [0.05, 0.1) is 18.2 Å². The summed E-state index contributed by atoms with van der Waals surface area (Å²) in [5.74, 6) is -0.936. The Morgan fingerprint density at radius 3 is 2.47 bits per heavy atom. The molecular weight excluding hydrogens is 450 g/mol. The zero-order chi connectivity index (χ0) is 24.2. The Morgan fingerprint density at radius 2 is 1.82 bits per heavy atom. The number of hydrogen-bond acceptors (Lipinski definition) is 6. The molecule has 2 N–H and O–H groups in total. The van der Waals surface area contributed by atoms with Crippen molar-refractivity contribution in [3.63, 3.8) is 0 Å². The van der Waals surface area contributed by atoms with Gasteiger partial charge in [0.1, 0.15) is 12.4 Å². The van der Waals surface area contributed by atoms with E-state index in [-0.39, 0.29) is 36.9 Å². The molecule has 1 amide bonds. The molecule has 1 aliphatic rings. The van der Waals surface area contributed by atoms with Crippen LogP contribution in [0.25, 0.3) is 11.1 Å². The number of carbonyl (C=O) groups is 2. The van der Waals surface area contributed by atoms with Gasteiger partial charge in [-0.3, -0.25) is 14.5 Å². The number of aliphatic hydroxyl groups is 2. The monoisotopic (exact) mass is 477 g/mol. The molecule has 0 aliphatic carbocycles. The Kier molecular flexibility index (Phi) is 7.14. The summed E-state index contributed by atoms with van der Waals surface area (Å²) in [4.78, 5) is 28.0. The van der Waals surface area contributed by atoms with Gasteiger partial charge in [0.2, 0.25) is 0 Å². The number of amides is 1. The summed E-state index contributed by atoms with van der Waals surface area (Å²) in [6.45, 7) is 3.73. The molecule has 0 saturated heterocycles. The third kappa shape index (κ3) is 4.62. The molecule has 1 atom stereocenters. The highest BCUT2D eigenvalue weighted by molar-refractivity contribution is 7.08. The first kappa shape index (κ1) is 23.7. The SMILES string of the molecule is CC(C)CC(=O)C1=C(O)C(=O)N(c2ccc(-c3ccsc3)cc2)C1c1ccccc1OCCO. The fraction of sp³-hybridized carbons (Fsp3) is 0.259. The molecule has 0 bridgehead atoms. The van der Waals surface area contributed by atoms with Crippen LogP contribution in [-0.2, 0) is 9.59 Å². The molecule has 7 heteroatoms. The van der Waals surface area contributed by atoms with Crippen molar-refractivity contribution in [3.8, 4) is 16.9 Å². The number of Topliss-reactive ketones (excluding diaryl/α,β-unsaturated/α-hetero) is 1. The molecule has 1 aromatic heterocycles. The van der Waals surface area contributed by atoms with Gasteiger partial charge < -0.3 is 14.9 Å². The number of rotatable bonds is 9. The fourth-order valence-corrected chi connectivity index (χ4v) is 4.83. The van der Waals surface area contributed by atoms with Crippen molar-refractivity contribution < 1.29 is 24.5 Å². The summed E-state index contributed by atoms with van der Waals surface area (Å²) < 4.78 is 5.73. The van der Waals surface area contributed by atoms with Crippen LogP contribution in [0.3, 0.4) is 0 Å². The third-order valence-corrected chi connectivity index (χ3v) is 6.35. The van der Waals surface area contributed by atoms with Gasteiger partial charge in [-0.15, -0.1) is 0 Å². The van der Waals surface area contributed by atoms with Gasteiger partial charge >= 0.3 is 0 Å². The van der Waals surface area contributed by atoms with Gasteiger partial charge in [-0.05, 0) is 52.1 Å². The van der Waals surface area contributed by atoms with Gasteiger partial charge in [0.25, 0.3) is 5.91 Å². The van der Waals surface area contributed by atoms with Crippen molar-refractivity contribution in [3.05, 3.63) is 82.3 Å². The van der Waals surface area contributed by atoms with E-state index >= 15 is 0 Å². The molecule has 0 radical (unpaired) electrons. The smallest absolute Gasteiger partial charge is 0.294 e. The molecule has 3 aromatic rings. The lowest BCUT2D eigenvalue weighted by atomic mass is 9.91. The van der Waals surface area contributed by atoms with Crippen molar-refractivity contribution in [1.82, 2.24) is 0 Å². The number of benzene rings is 2. The molecule has 0 spiro atoms. The van der Waals surface area contributed by atoms with Gasteiger partial charge in [-0.1, -0.05) is 44.2 Å². The minimum atomic E-state index is -0.847. The standard InChI is InChI=1S/C27H27NO5S/c1-17(2)15-22(30)24-25(21-5-3-4-6-23(21)33-13-12-29)28(27(32)26(24)31)20-9-7-18(8-10-20)19-11-14-34-16-19/h3-11,14,16-17,25,29,31H,12-13,15H2,1-2H3. The highest BCUT2D eigenvalue weighted by Gasteiger charge is 2.45. The average molecular weight is 478 g/mol. The van der Waals surface area contributed by atoms with Gasteiger partial charge in [-0.25, -0.2) is 0 Å². The van der Waals surface area contributed by atoms with E-state index in [9.17, 15) is 19.8 Å². The second-order valence-electron chi connectivity index (χ2n) is 8.53. The Morgan fingerprint density at radius 1 is 1.09 bits per heavy atom. The number of aliphatic hydroxyl groups excluding tert-OH is 2. The number of para-hydroxylation sites is 1. The Bertz CT molecular complexity index is 1200. The lowest BCUT2D eigenvalue weighted by molar-refractivity contribution is -0.118. The lowest BCUT2D eigenvalue weighted by Crippen LogP contribution is -2.31. The molecule has 2 aromatic carbocycles. The van der Waals surface area contributed by atoms with Crippen molar-refractivity contribution in [1.29, 1.82) is 0 Å². The van der Waals surface area contributed by atoms with E-state index in [0.717, 1.165) is 11.1 Å². The molecule has 1 aliphatic heterocycles. The van der Waals surface area contributed by atoms with Crippen molar-refractivity contribution in [2.24, 2.45) is 5.92 Å². The third-order valence-electron chi connectivity index (χ3n) is 5.66. The number of hydrogen-bond donors (Lipinski definition) is 2. The summed E-state index contributed by atoms with van der Waals surface area (Å²) in [5.41, 5.74) is 3.29. The molecule has 1 unspecified atom stereocenters. The number of thiophene rings is 1. The van der Waals surface area contributed by atoms with Gasteiger partial charge in [-0.2, -0.15) is 11.3 Å². The highest BCUT2D eigenvalue weighted by Crippen LogP contribution is 2.44. The molecule has 0 fully saturated rings. The Hall–Kier alpha value is -3.42. The van der Waals surface area contributed by atoms with E-state index in [2.05, 4.69) is 0 Å². The molecule has 176 valence electrons. The predicted molar refractivity (Wildman–Crippen MR) is 133 cm³/mol. The number of ketones is 1. The van der Waals surface area contributed by atoms with Crippen molar-refractivity contribution >= 4 is 28.7 Å². The molecule has 0 saturated carbocycles. The Balaban J connectivity index is 1.81. The summed E-state index contributed by atoms with van der Waals surface area (Å²) >= 11 is 1.61. The minimum Gasteiger partial charge on any atom is -0.503 e. The maximum absolute atomic E-state index is 13.3. The second kappa shape index (κ2) is 10.2. The number of anilines is 1. The molecule has 34 heavy (non-hydrogen) atoms. The molecular formula is C27H27NO5S. The maximum atomic E-state index is 13.3. The molecule has 2 heterocycles. The van der Waals surface area contributed by atoms with Crippen LogP contribution in [0.5, 0.6) is 5.75 Å². The zero-order valence-corrected chi connectivity index (χ0v) is 19.9. The maximum Gasteiger partial charge on any atom is 0.294 e. The number of ether oxygens (including phenoxy) is 1. The van der Waals surface area contributed by atoms with Crippen LogP contribution in [0.15, 0.2) is 76.7 Å². The van der Waals surface area contributed by atoms with Crippen LogP contribution in [0.4, 0.5) is 5.69 Å². The second-order valence-corrected chi connectivity index (χ2v) is 9.31. The predicted octanol–water partition coefficient (Wildman–Crippen LogP) is 5.30. The van der Waals surface area contributed by atoms with E-state index < -0.39 is 17.7 Å². The first-order chi connectivity index (χ1) is 16.4. The quantitative estimate of drug-likeness (QED) is 0.437. The summed E-state index contributed by atoms with van der Waals surface area (Å²) in [7, 11) is 0. The molecule has 4 rings (SSSR count). The van der Waals surface area contributed by atoms with Crippen LogP contribution in [0.2, 0.25) is 0 Å².